The van der Waals surface area contributed by atoms with Gasteiger partial charge >= 0.3 is 0 Å². The van der Waals surface area contributed by atoms with Crippen molar-refractivity contribution in [3.05, 3.63) is 39.8 Å². The minimum absolute atomic E-state index is 0.532. The van der Waals surface area contributed by atoms with Gasteiger partial charge in [-0.05, 0) is 37.1 Å². The number of hydrogen-bond acceptors (Lipinski definition) is 3. The molecule has 4 heteroatoms. The maximum absolute atomic E-state index is 4.30. The van der Waals surface area contributed by atoms with Gasteiger partial charge in [-0.2, -0.15) is 5.10 Å². The predicted molar refractivity (Wildman–Crippen MR) is 74.6 cm³/mol. The van der Waals surface area contributed by atoms with E-state index in [4.69, 9.17) is 0 Å². The molecule has 2 aromatic heterocycles. The van der Waals surface area contributed by atoms with Crippen LogP contribution in [0.5, 0.6) is 0 Å². The Morgan fingerprint density at radius 1 is 1.56 bits per heavy atom. The topological polar surface area (TPSA) is 29.9 Å². The van der Waals surface area contributed by atoms with Gasteiger partial charge in [-0.1, -0.05) is 6.07 Å². The zero-order valence-electron chi connectivity index (χ0n) is 10.9. The highest BCUT2D eigenvalue weighted by Gasteiger charge is 2.32. The Hall–Kier alpha value is -1.13. The van der Waals surface area contributed by atoms with Crippen LogP contribution in [0.3, 0.4) is 0 Å². The third-order valence-electron chi connectivity index (χ3n) is 3.79. The molecule has 0 radical (unpaired) electrons. The van der Waals surface area contributed by atoms with Crippen molar-refractivity contribution in [1.29, 1.82) is 0 Å². The molecule has 1 N–H and O–H groups in total. The summed E-state index contributed by atoms with van der Waals surface area (Å²) in [6, 6.07) is 4.92. The van der Waals surface area contributed by atoms with Crippen molar-refractivity contribution in [2.24, 2.45) is 13.0 Å². The van der Waals surface area contributed by atoms with E-state index >= 15 is 0 Å². The molecule has 1 unspecified atom stereocenters. The van der Waals surface area contributed by atoms with Gasteiger partial charge in [-0.3, -0.25) is 4.68 Å². The predicted octanol–water partition coefficient (Wildman–Crippen LogP) is 3.03. The van der Waals surface area contributed by atoms with Crippen molar-refractivity contribution in [2.75, 3.05) is 0 Å². The zero-order chi connectivity index (χ0) is 12.5. The van der Waals surface area contributed by atoms with Gasteiger partial charge in [0, 0.05) is 35.8 Å². The molecule has 2 heterocycles. The molecule has 18 heavy (non-hydrogen) atoms. The summed E-state index contributed by atoms with van der Waals surface area (Å²) in [6.45, 7) is 3.04. The van der Waals surface area contributed by atoms with Gasteiger partial charge in [0.15, 0.2) is 0 Å². The molecular formula is C14H19N3S. The van der Waals surface area contributed by atoms with Crippen molar-refractivity contribution >= 4 is 11.3 Å². The number of thiophene rings is 1. The van der Waals surface area contributed by atoms with E-state index in [0.29, 0.717) is 6.04 Å². The lowest BCUT2D eigenvalue weighted by Crippen LogP contribution is -2.22. The van der Waals surface area contributed by atoms with Gasteiger partial charge in [0.1, 0.15) is 0 Å². The second-order valence-electron chi connectivity index (χ2n) is 5.09. The van der Waals surface area contributed by atoms with Crippen molar-refractivity contribution in [3.63, 3.8) is 0 Å². The molecular weight excluding hydrogens is 242 g/mol. The van der Waals surface area contributed by atoms with Crippen LogP contribution in [0.4, 0.5) is 0 Å². The van der Waals surface area contributed by atoms with E-state index in [0.717, 1.165) is 12.5 Å². The fraction of sp³-hybridized carbons (Fsp3) is 0.500. The highest BCUT2D eigenvalue weighted by atomic mass is 32.1. The van der Waals surface area contributed by atoms with Crippen LogP contribution in [0.25, 0.3) is 0 Å². The van der Waals surface area contributed by atoms with Gasteiger partial charge in [-0.15, -0.1) is 11.3 Å². The lowest BCUT2D eigenvalue weighted by Gasteiger charge is -2.16. The normalized spacial score (nSPS) is 17.0. The molecule has 96 valence electrons. The lowest BCUT2D eigenvalue weighted by atomic mass is 10.1. The molecule has 0 amide bonds. The standard InChI is InChI=1S/C14H19N3S/c1-10-12(9-16-17(10)2)8-15-14(11-5-6-11)13-4-3-7-18-13/h3-4,7,9,11,14-15H,5-6,8H2,1-2H3. The average Bonchev–Trinajstić information content (AvgIpc) is 2.96. The van der Waals surface area contributed by atoms with Crippen molar-refractivity contribution < 1.29 is 0 Å². The summed E-state index contributed by atoms with van der Waals surface area (Å²) in [4.78, 5) is 1.47. The van der Waals surface area contributed by atoms with E-state index in [1.807, 2.05) is 29.3 Å². The molecule has 0 aliphatic heterocycles. The molecule has 1 atom stereocenters. The Bertz CT molecular complexity index is 511. The van der Waals surface area contributed by atoms with Gasteiger partial charge in [0.05, 0.1) is 6.20 Å². The van der Waals surface area contributed by atoms with Crippen LogP contribution >= 0.6 is 11.3 Å². The number of nitrogens with one attached hydrogen (secondary N) is 1. The Kier molecular flexibility index (Phi) is 3.22. The van der Waals surface area contributed by atoms with Crippen molar-refractivity contribution in [1.82, 2.24) is 15.1 Å². The number of aromatic nitrogens is 2. The molecule has 2 aromatic rings. The Balaban J connectivity index is 1.69. The maximum atomic E-state index is 4.30. The van der Waals surface area contributed by atoms with Crippen molar-refractivity contribution in [3.8, 4) is 0 Å². The second kappa shape index (κ2) is 4.86. The maximum Gasteiger partial charge on any atom is 0.0537 e. The van der Waals surface area contributed by atoms with Crippen LogP contribution in [0, 0.1) is 12.8 Å². The largest absolute Gasteiger partial charge is 0.305 e. The quantitative estimate of drug-likeness (QED) is 0.896. The van der Waals surface area contributed by atoms with Crippen LogP contribution in [-0.2, 0) is 13.6 Å². The number of nitrogens with zero attached hydrogens (tertiary/aromatic N) is 2. The van der Waals surface area contributed by atoms with E-state index in [-0.39, 0.29) is 0 Å². The van der Waals surface area contributed by atoms with Crippen LogP contribution in [-0.4, -0.2) is 9.78 Å². The third-order valence-corrected chi connectivity index (χ3v) is 4.75. The van der Waals surface area contributed by atoms with E-state index in [1.165, 1.54) is 29.0 Å². The minimum Gasteiger partial charge on any atom is -0.305 e. The summed E-state index contributed by atoms with van der Waals surface area (Å²) < 4.78 is 1.94. The SMILES string of the molecule is Cc1c(CNC(c2cccs2)C2CC2)cnn1C. The Morgan fingerprint density at radius 2 is 2.39 bits per heavy atom. The summed E-state index contributed by atoms with van der Waals surface area (Å²) >= 11 is 1.86. The smallest absolute Gasteiger partial charge is 0.0537 e. The Morgan fingerprint density at radius 3 is 2.94 bits per heavy atom. The first kappa shape index (κ1) is 11.9. The highest BCUT2D eigenvalue weighted by molar-refractivity contribution is 7.10. The fourth-order valence-corrected chi connectivity index (χ4v) is 3.23. The van der Waals surface area contributed by atoms with E-state index < -0.39 is 0 Å². The molecule has 0 saturated heterocycles. The number of hydrogen-bond donors (Lipinski definition) is 1. The molecule has 0 spiro atoms. The Labute approximate surface area is 112 Å². The van der Waals surface area contributed by atoms with E-state index in [9.17, 15) is 0 Å². The molecule has 3 nitrogen and oxygen atoms in total. The second-order valence-corrected chi connectivity index (χ2v) is 6.07. The molecule has 1 saturated carbocycles. The van der Waals surface area contributed by atoms with Crippen molar-refractivity contribution in [2.45, 2.75) is 32.4 Å². The first-order chi connectivity index (χ1) is 8.75. The summed E-state index contributed by atoms with van der Waals surface area (Å²) in [5.41, 5.74) is 2.56. The monoisotopic (exact) mass is 261 g/mol. The van der Waals surface area contributed by atoms with E-state index in [2.05, 4.69) is 34.9 Å². The molecule has 0 bridgehead atoms. The van der Waals surface area contributed by atoms with Gasteiger partial charge in [0.25, 0.3) is 0 Å². The zero-order valence-corrected chi connectivity index (χ0v) is 11.7. The van der Waals surface area contributed by atoms with Gasteiger partial charge in [-0.25, -0.2) is 0 Å². The van der Waals surface area contributed by atoms with Gasteiger partial charge in [0.2, 0.25) is 0 Å². The van der Waals surface area contributed by atoms with Crippen LogP contribution in [0.1, 0.15) is 35.0 Å². The molecule has 0 aromatic carbocycles. The highest BCUT2D eigenvalue weighted by Crippen LogP contribution is 2.42. The summed E-state index contributed by atoms with van der Waals surface area (Å²) in [5, 5.41) is 10.2. The van der Waals surface area contributed by atoms with Crippen LogP contribution < -0.4 is 5.32 Å². The first-order valence-corrected chi connectivity index (χ1v) is 7.38. The summed E-state index contributed by atoms with van der Waals surface area (Å²) in [5.74, 6) is 0.834. The first-order valence-electron chi connectivity index (χ1n) is 6.50. The minimum atomic E-state index is 0.532. The molecule has 3 rings (SSSR count). The van der Waals surface area contributed by atoms with E-state index in [1.54, 1.807) is 0 Å². The summed E-state index contributed by atoms with van der Waals surface area (Å²) in [6.07, 6.45) is 4.70. The number of rotatable bonds is 5. The average molecular weight is 261 g/mol. The molecule has 1 fully saturated rings. The van der Waals surface area contributed by atoms with Crippen LogP contribution in [0.15, 0.2) is 23.7 Å². The molecule has 1 aliphatic rings. The molecule has 1 aliphatic carbocycles. The summed E-state index contributed by atoms with van der Waals surface area (Å²) in [7, 11) is 2.00. The lowest BCUT2D eigenvalue weighted by molar-refractivity contribution is 0.486. The number of aryl methyl sites for hydroxylation is 1. The van der Waals surface area contributed by atoms with Gasteiger partial charge < -0.3 is 5.32 Å². The fourth-order valence-electron chi connectivity index (χ4n) is 2.33. The third kappa shape index (κ3) is 2.35. The van der Waals surface area contributed by atoms with Crippen LogP contribution in [0.2, 0.25) is 0 Å².